The van der Waals surface area contributed by atoms with Crippen LogP contribution < -0.4 is 5.32 Å². The highest BCUT2D eigenvalue weighted by molar-refractivity contribution is 5.82. The van der Waals surface area contributed by atoms with Crippen LogP contribution in [0.1, 0.15) is 45.6 Å². The molecule has 2 rings (SSSR count). The Hall–Kier alpha value is -1.33. The first-order valence-corrected chi connectivity index (χ1v) is 9.43. The molecule has 1 aliphatic rings. The van der Waals surface area contributed by atoms with Gasteiger partial charge >= 0.3 is 0 Å². The molecule has 1 aromatic rings. The number of hydrogen-bond donors (Lipinski definition) is 1. The lowest BCUT2D eigenvalue weighted by atomic mass is 9.91. The van der Waals surface area contributed by atoms with Crippen LogP contribution in [0.2, 0.25) is 0 Å². The molecule has 0 bridgehead atoms. The molecule has 1 aromatic heterocycles. The van der Waals surface area contributed by atoms with Crippen molar-refractivity contribution in [2.45, 2.75) is 59.2 Å². The first kappa shape index (κ1) is 19.0. The van der Waals surface area contributed by atoms with Gasteiger partial charge in [-0.15, -0.1) is 0 Å². The monoisotopic (exact) mass is 335 g/mol. The second kappa shape index (κ2) is 9.84. The fourth-order valence-electron chi connectivity index (χ4n) is 3.56. The highest BCUT2D eigenvalue weighted by atomic mass is 16.5. The predicted octanol–water partition coefficient (Wildman–Crippen LogP) is 2.65. The molecule has 1 N–H and O–H groups in total. The maximum absolute atomic E-state index is 12.9. The van der Waals surface area contributed by atoms with Gasteiger partial charge in [-0.3, -0.25) is 9.69 Å². The third kappa shape index (κ3) is 5.08. The van der Waals surface area contributed by atoms with Crippen molar-refractivity contribution >= 4 is 5.91 Å². The molecule has 0 aliphatic carbocycles. The van der Waals surface area contributed by atoms with E-state index < -0.39 is 0 Å². The largest absolute Gasteiger partial charge is 0.379 e. The molecule has 0 radical (unpaired) electrons. The van der Waals surface area contributed by atoms with Crippen LogP contribution >= 0.6 is 0 Å². The van der Waals surface area contributed by atoms with Crippen LogP contribution in [0.4, 0.5) is 0 Å². The summed E-state index contributed by atoms with van der Waals surface area (Å²) in [6.07, 6.45) is 7.39. The zero-order valence-corrected chi connectivity index (χ0v) is 15.5. The summed E-state index contributed by atoms with van der Waals surface area (Å²) in [5.74, 6) is 0.557. The lowest BCUT2D eigenvalue weighted by Crippen LogP contribution is -2.54. The number of morpholine rings is 1. The van der Waals surface area contributed by atoms with E-state index in [9.17, 15) is 4.79 Å². The molecule has 1 saturated heterocycles. The topological polar surface area (TPSA) is 46.5 Å². The van der Waals surface area contributed by atoms with Crippen LogP contribution in [0, 0.1) is 5.92 Å². The van der Waals surface area contributed by atoms with Gasteiger partial charge in [-0.25, -0.2) is 0 Å². The van der Waals surface area contributed by atoms with E-state index in [1.807, 2.05) is 0 Å². The summed E-state index contributed by atoms with van der Waals surface area (Å²) in [6.45, 7) is 11.3. The van der Waals surface area contributed by atoms with Gasteiger partial charge in [0.1, 0.15) is 0 Å². The molecule has 5 nitrogen and oxygen atoms in total. The highest BCUT2D eigenvalue weighted by Crippen LogP contribution is 2.20. The quantitative estimate of drug-likeness (QED) is 0.755. The van der Waals surface area contributed by atoms with E-state index in [-0.39, 0.29) is 11.9 Å². The zero-order chi connectivity index (χ0) is 17.4. The van der Waals surface area contributed by atoms with Crippen molar-refractivity contribution in [2.24, 2.45) is 5.92 Å². The number of nitrogens with zero attached hydrogens (tertiary/aromatic N) is 2. The summed E-state index contributed by atoms with van der Waals surface area (Å²) >= 11 is 0. The molecule has 1 amide bonds. The smallest absolute Gasteiger partial charge is 0.237 e. The molecule has 5 heteroatoms. The van der Waals surface area contributed by atoms with Gasteiger partial charge in [0, 0.05) is 38.6 Å². The third-order valence-electron chi connectivity index (χ3n) is 4.96. The summed E-state index contributed by atoms with van der Waals surface area (Å²) in [7, 11) is 0. The first-order valence-electron chi connectivity index (χ1n) is 9.43. The van der Waals surface area contributed by atoms with Crippen LogP contribution in [0.25, 0.3) is 0 Å². The number of amides is 1. The maximum Gasteiger partial charge on any atom is 0.237 e. The van der Waals surface area contributed by atoms with Crippen molar-refractivity contribution in [3.63, 3.8) is 0 Å². The minimum atomic E-state index is -0.0402. The second-order valence-electron chi connectivity index (χ2n) is 6.65. The van der Waals surface area contributed by atoms with Gasteiger partial charge in [0.15, 0.2) is 0 Å². The van der Waals surface area contributed by atoms with Gasteiger partial charge in [-0.05, 0) is 24.0 Å². The van der Waals surface area contributed by atoms with Gasteiger partial charge in [-0.1, -0.05) is 33.6 Å². The summed E-state index contributed by atoms with van der Waals surface area (Å²) < 4.78 is 7.64. The van der Waals surface area contributed by atoms with E-state index in [2.05, 4.69) is 54.0 Å². The number of aromatic nitrogens is 1. The van der Waals surface area contributed by atoms with Gasteiger partial charge in [0.25, 0.3) is 0 Å². The molecular weight excluding hydrogens is 302 g/mol. The van der Waals surface area contributed by atoms with Gasteiger partial charge in [0.05, 0.1) is 19.3 Å². The summed E-state index contributed by atoms with van der Waals surface area (Å²) in [6, 6.07) is 2.05. The minimum Gasteiger partial charge on any atom is -0.379 e. The average Bonchev–Trinajstić information content (AvgIpc) is 3.06. The number of nitrogens with one attached hydrogen (secondary N) is 1. The number of carbonyl (C=O) groups excluding carboxylic acids is 1. The molecule has 0 unspecified atom stereocenters. The Balaban J connectivity index is 1.97. The molecule has 0 aromatic carbocycles. The number of hydrogen-bond acceptors (Lipinski definition) is 3. The summed E-state index contributed by atoms with van der Waals surface area (Å²) in [5, 5.41) is 3.17. The van der Waals surface area contributed by atoms with Crippen molar-refractivity contribution in [1.82, 2.24) is 14.8 Å². The molecule has 136 valence electrons. The van der Waals surface area contributed by atoms with Crippen LogP contribution in [0.15, 0.2) is 18.5 Å². The fraction of sp³-hybridized carbons (Fsp3) is 0.737. The normalized spacial score (nSPS) is 17.2. The van der Waals surface area contributed by atoms with Crippen LogP contribution in [-0.2, 0) is 22.6 Å². The molecule has 0 saturated carbocycles. The third-order valence-corrected chi connectivity index (χ3v) is 4.96. The molecule has 1 atom stereocenters. The maximum atomic E-state index is 12.9. The minimum absolute atomic E-state index is 0.0402. The summed E-state index contributed by atoms with van der Waals surface area (Å²) in [4.78, 5) is 15.2. The molecule has 0 spiro atoms. The van der Waals surface area contributed by atoms with Crippen molar-refractivity contribution in [1.29, 1.82) is 0 Å². The fourth-order valence-corrected chi connectivity index (χ4v) is 3.56. The van der Waals surface area contributed by atoms with Crippen molar-refractivity contribution < 1.29 is 9.53 Å². The van der Waals surface area contributed by atoms with Crippen molar-refractivity contribution in [2.75, 3.05) is 26.3 Å². The number of aryl methyl sites for hydroxylation is 1. The predicted molar refractivity (Wildman–Crippen MR) is 96.8 cm³/mol. The molecule has 1 fully saturated rings. The van der Waals surface area contributed by atoms with Crippen molar-refractivity contribution in [3.05, 3.63) is 24.0 Å². The Bertz CT molecular complexity index is 491. The molecule has 2 heterocycles. The standard InChI is InChI=1S/C19H33N3O2/c1-4-8-21-9-7-16(15-21)14-20-19(23)18(17(5-2)6-3)22-10-12-24-13-11-22/h7,9,15,17-18H,4-6,8,10-14H2,1-3H3,(H,20,23)/t18-/m0/s1. The van der Waals surface area contributed by atoms with E-state index in [1.165, 1.54) is 5.56 Å². The molecule has 24 heavy (non-hydrogen) atoms. The van der Waals surface area contributed by atoms with Gasteiger partial charge < -0.3 is 14.6 Å². The second-order valence-corrected chi connectivity index (χ2v) is 6.65. The van der Waals surface area contributed by atoms with E-state index >= 15 is 0 Å². The van der Waals surface area contributed by atoms with Gasteiger partial charge in [0.2, 0.25) is 5.91 Å². The van der Waals surface area contributed by atoms with Crippen LogP contribution in [-0.4, -0.2) is 47.7 Å². The van der Waals surface area contributed by atoms with Crippen LogP contribution in [0.3, 0.4) is 0 Å². The Kier molecular flexibility index (Phi) is 7.79. The molecular formula is C19H33N3O2. The van der Waals surface area contributed by atoms with Crippen molar-refractivity contribution in [3.8, 4) is 0 Å². The van der Waals surface area contributed by atoms with Crippen LogP contribution in [0.5, 0.6) is 0 Å². The number of ether oxygens (including phenoxy) is 1. The summed E-state index contributed by atoms with van der Waals surface area (Å²) in [5.41, 5.74) is 1.17. The zero-order valence-electron chi connectivity index (χ0n) is 15.5. The van der Waals surface area contributed by atoms with E-state index in [4.69, 9.17) is 4.74 Å². The lowest BCUT2D eigenvalue weighted by Gasteiger charge is -2.37. The molecule has 1 aliphatic heterocycles. The van der Waals surface area contributed by atoms with E-state index in [1.54, 1.807) is 0 Å². The van der Waals surface area contributed by atoms with Gasteiger partial charge in [-0.2, -0.15) is 0 Å². The van der Waals surface area contributed by atoms with E-state index in [0.29, 0.717) is 12.5 Å². The van der Waals surface area contributed by atoms with E-state index in [0.717, 1.165) is 52.1 Å². The Morgan fingerprint density at radius 3 is 2.58 bits per heavy atom. The lowest BCUT2D eigenvalue weighted by molar-refractivity contribution is -0.131. The Morgan fingerprint density at radius 2 is 1.96 bits per heavy atom. The highest BCUT2D eigenvalue weighted by Gasteiger charge is 2.32. The average molecular weight is 335 g/mol. The Labute approximate surface area is 146 Å². The number of rotatable bonds is 9. The SMILES string of the molecule is CCCn1ccc(CNC(=O)[C@H](C(CC)CC)N2CCOCC2)c1. The number of carbonyl (C=O) groups is 1. The Morgan fingerprint density at radius 1 is 1.25 bits per heavy atom. The first-order chi connectivity index (χ1) is 11.7.